The fraction of sp³-hybridized carbons (Fsp3) is 0.571. The number of hydrogen-bond acceptors (Lipinski definition) is 4. The van der Waals surface area contributed by atoms with Gasteiger partial charge in [0.05, 0.1) is 6.42 Å². The summed E-state index contributed by atoms with van der Waals surface area (Å²) < 4.78 is 4.20. The Morgan fingerprint density at radius 2 is 1.83 bits per heavy atom. The highest BCUT2D eigenvalue weighted by atomic mass is 16.6. The third kappa shape index (κ3) is 6.73. The van der Waals surface area contributed by atoms with E-state index in [9.17, 15) is 14.4 Å². The summed E-state index contributed by atoms with van der Waals surface area (Å²) in [6.07, 6.45) is 0.0131. The molecular formula is C7H11NO4. The topological polar surface area (TPSA) is 72.5 Å². The Morgan fingerprint density at radius 1 is 1.25 bits per heavy atom. The first-order valence-electron chi connectivity index (χ1n) is 3.48. The average Bonchev–Trinajstić information content (AvgIpc) is 1.84. The summed E-state index contributed by atoms with van der Waals surface area (Å²) in [5.74, 6) is -1.48. The fourth-order valence-electron chi connectivity index (χ4n) is 0.552. The highest BCUT2D eigenvalue weighted by molar-refractivity contribution is 5.84. The van der Waals surface area contributed by atoms with Gasteiger partial charge in [0.2, 0.25) is 5.91 Å². The number of carbonyl (C=O) groups excluding carboxylic acids is 3. The maximum absolute atomic E-state index is 10.6. The van der Waals surface area contributed by atoms with Crippen molar-refractivity contribution in [3.63, 3.8) is 0 Å². The highest BCUT2D eigenvalue weighted by Gasteiger charge is 2.04. The maximum atomic E-state index is 10.6. The molecule has 0 radical (unpaired) electrons. The maximum Gasteiger partial charge on any atom is 0.315 e. The molecule has 5 nitrogen and oxygen atoms in total. The van der Waals surface area contributed by atoms with E-state index in [1.165, 1.54) is 6.92 Å². The second kappa shape index (κ2) is 5.29. The molecule has 0 aromatic rings. The molecule has 0 spiro atoms. The Morgan fingerprint density at radius 3 is 2.25 bits per heavy atom. The van der Waals surface area contributed by atoms with Crippen LogP contribution in [0.5, 0.6) is 0 Å². The molecule has 0 aliphatic rings. The van der Waals surface area contributed by atoms with Crippen LogP contribution in [0.25, 0.3) is 0 Å². The first-order chi connectivity index (χ1) is 5.52. The Balaban J connectivity index is 3.44. The molecule has 0 heterocycles. The van der Waals surface area contributed by atoms with Crippen LogP contribution in [-0.2, 0) is 19.1 Å². The predicted octanol–water partition coefficient (Wildman–Crippen LogP) is -0.398. The van der Waals surface area contributed by atoms with Crippen LogP contribution < -0.4 is 5.32 Å². The lowest BCUT2D eigenvalue weighted by Crippen LogP contribution is -2.24. The van der Waals surface area contributed by atoms with E-state index in [0.29, 0.717) is 0 Å². The number of carbonyl (C=O) groups is 3. The summed E-state index contributed by atoms with van der Waals surface area (Å²) >= 11 is 0. The average molecular weight is 173 g/mol. The van der Waals surface area contributed by atoms with Crippen LogP contribution in [0.2, 0.25) is 0 Å². The molecular weight excluding hydrogens is 162 g/mol. The van der Waals surface area contributed by atoms with Crippen molar-refractivity contribution < 1.29 is 19.1 Å². The molecule has 0 aliphatic heterocycles. The summed E-state index contributed by atoms with van der Waals surface area (Å²) in [5, 5.41) is 2.40. The Hall–Kier alpha value is -1.39. The summed E-state index contributed by atoms with van der Waals surface area (Å²) in [4.78, 5) is 31.2. The van der Waals surface area contributed by atoms with E-state index in [0.717, 1.165) is 6.92 Å². The molecule has 0 aromatic heterocycles. The molecule has 0 bridgehead atoms. The van der Waals surface area contributed by atoms with Gasteiger partial charge in [0, 0.05) is 20.4 Å². The van der Waals surface area contributed by atoms with Crippen LogP contribution in [0.3, 0.4) is 0 Å². The molecule has 68 valence electrons. The molecule has 5 heteroatoms. The van der Waals surface area contributed by atoms with E-state index < -0.39 is 11.9 Å². The second-order valence-corrected chi connectivity index (χ2v) is 2.20. The third-order valence-electron chi connectivity index (χ3n) is 0.961. The van der Waals surface area contributed by atoms with Crippen molar-refractivity contribution in [2.24, 2.45) is 0 Å². The zero-order chi connectivity index (χ0) is 9.56. The zero-order valence-corrected chi connectivity index (χ0v) is 7.05. The first kappa shape index (κ1) is 10.6. The van der Waals surface area contributed by atoms with Crippen LogP contribution in [0.1, 0.15) is 20.3 Å². The minimum Gasteiger partial charge on any atom is -0.393 e. The lowest BCUT2D eigenvalue weighted by Gasteiger charge is -2.00. The van der Waals surface area contributed by atoms with Gasteiger partial charge in [-0.25, -0.2) is 0 Å². The Kier molecular flexibility index (Phi) is 4.67. The minimum atomic E-state index is -0.636. The molecule has 1 N–H and O–H groups in total. The number of hydrogen-bond donors (Lipinski definition) is 1. The van der Waals surface area contributed by atoms with Gasteiger partial charge in [-0.15, -0.1) is 0 Å². The van der Waals surface area contributed by atoms with E-state index in [1.807, 2.05) is 0 Å². The monoisotopic (exact) mass is 173 g/mol. The smallest absolute Gasteiger partial charge is 0.315 e. The van der Waals surface area contributed by atoms with Gasteiger partial charge in [-0.1, -0.05) is 0 Å². The van der Waals surface area contributed by atoms with Gasteiger partial charge in [0.1, 0.15) is 0 Å². The van der Waals surface area contributed by atoms with Crippen molar-refractivity contribution in [2.45, 2.75) is 20.3 Å². The number of nitrogens with one attached hydrogen (secondary N) is 1. The number of ether oxygens (including phenoxy) is 1. The van der Waals surface area contributed by atoms with Crippen molar-refractivity contribution in [2.75, 3.05) is 6.54 Å². The zero-order valence-electron chi connectivity index (χ0n) is 7.05. The fourth-order valence-corrected chi connectivity index (χ4v) is 0.552. The van der Waals surface area contributed by atoms with E-state index in [4.69, 9.17) is 0 Å². The van der Waals surface area contributed by atoms with Crippen molar-refractivity contribution in [1.82, 2.24) is 5.32 Å². The van der Waals surface area contributed by atoms with Gasteiger partial charge in [-0.3, -0.25) is 14.4 Å². The molecule has 0 atom stereocenters. The van der Waals surface area contributed by atoms with Crippen LogP contribution in [0.4, 0.5) is 0 Å². The quantitative estimate of drug-likeness (QED) is 0.465. The van der Waals surface area contributed by atoms with E-state index >= 15 is 0 Å². The van der Waals surface area contributed by atoms with Crippen LogP contribution in [0, 0.1) is 0 Å². The highest BCUT2D eigenvalue weighted by Crippen LogP contribution is 1.85. The van der Waals surface area contributed by atoms with E-state index in [1.54, 1.807) is 0 Å². The number of rotatable bonds is 3. The van der Waals surface area contributed by atoms with Gasteiger partial charge < -0.3 is 10.1 Å². The lowest BCUT2D eigenvalue weighted by molar-refractivity contribution is -0.157. The molecule has 12 heavy (non-hydrogen) atoms. The molecule has 1 amide bonds. The van der Waals surface area contributed by atoms with Crippen LogP contribution >= 0.6 is 0 Å². The van der Waals surface area contributed by atoms with E-state index in [2.05, 4.69) is 10.1 Å². The molecule has 0 aromatic carbocycles. The molecule has 0 aliphatic carbocycles. The third-order valence-corrected chi connectivity index (χ3v) is 0.961. The standard InChI is InChI=1S/C7H11NO4/c1-5(9)8-4-3-7(11)12-6(2)10/h3-4H2,1-2H3,(H,8,9). The Labute approximate surface area is 70.1 Å². The van der Waals surface area contributed by atoms with Crippen molar-refractivity contribution in [3.05, 3.63) is 0 Å². The largest absolute Gasteiger partial charge is 0.393 e. The molecule has 0 unspecified atom stereocenters. The summed E-state index contributed by atoms with van der Waals surface area (Å²) in [5.41, 5.74) is 0. The van der Waals surface area contributed by atoms with Crippen molar-refractivity contribution >= 4 is 17.8 Å². The van der Waals surface area contributed by atoms with Crippen LogP contribution in [-0.4, -0.2) is 24.4 Å². The molecule has 0 saturated heterocycles. The van der Waals surface area contributed by atoms with Gasteiger partial charge in [0.25, 0.3) is 0 Å². The van der Waals surface area contributed by atoms with Gasteiger partial charge >= 0.3 is 11.9 Å². The van der Waals surface area contributed by atoms with Crippen LogP contribution in [0.15, 0.2) is 0 Å². The molecule has 0 fully saturated rings. The van der Waals surface area contributed by atoms with Gasteiger partial charge in [-0.05, 0) is 0 Å². The molecule has 0 rings (SSSR count). The number of esters is 2. The summed E-state index contributed by atoms with van der Waals surface area (Å²) in [7, 11) is 0. The van der Waals surface area contributed by atoms with Gasteiger partial charge in [0.15, 0.2) is 0 Å². The SMILES string of the molecule is CC(=O)NCCC(=O)OC(C)=O. The van der Waals surface area contributed by atoms with Crippen molar-refractivity contribution in [3.8, 4) is 0 Å². The second-order valence-electron chi connectivity index (χ2n) is 2.20. The molecule has 0 saturated carbocycles. The predicted molar refractivity (Wildman–Crippen MR) is 40.1 cm³/mol. The van der Waals surface area contributed by atoms with Gasteiger partial charge in [-0.2, -0.15) is 0 Å². The minimum absolute atomic E-state index is 0.0131. The first-order valence-corrected chi connectivity index (χ1v) is 3.48. The van der Waals surface area contributed by atoms with Crippen molar-refractivity contribution in [1.29, 1.82) is 0 Å². The summed E-state index contributed by atoms with van der Waals surface area (Å²) in [6, 6.07) is 0. The normalized spacial score (nSPS) is 8.83. The lowest BCUT2D eigenvalue weighted by atomic mass is 10.4. The Bertz CT molecular complexity index is 200. The number of amides is 1. The summed E-state index contributed by atoms with van der Waals surface area (Å²) in [6.45, 7) is 2.69. The van der Waals surface area contributed by atoms with E-state index in [-0.39, 0.29) is 18.9 Å².